The molecule has 0 bridgehead atoms. The van der Waals surface area contributed by atoms with Crippen molar-refractivity contribution in [3.05, 3.63) is 156 Å². The molecule has 1 aliphatic carbocycles. The number of hydrogen-bond acceptors (Lipinski definition) is 2. The van der Waals surface area contributed by atoms with Crippen molar-refractivity contribution in [3.63, 3.8) is 0 Å². The van der Waals surface area contributed by atoms with Crippen molar-refractivity contribution in [3.8, 4) is 0 Å². The summed E-state index contributed by atoms with van der Waals surface area (Å²) < 4.78 is 0. The molecule has 4 aromatic rings. The minimum absolute atomic E-state index is 0.0816. The van der Waals surface area contributed by atoms with Crippen molar-refractivity contribution in [1.29, 1.82) is 0 Å². The predicted octanol–water partition coefficient (Wildman–Crippen LogP) is 7.66. The van der Waals surface area contributed by atoms with E-state index in [9.17, 15) is 9.59 Å². The molecule has 1 saturated carbocycles. The van der Waals surface area contributed by atoms with Gasteiger partial charge in [0, 0.05) is 23.0 Å². The van der Waals surface area contributed by atoms with E-state index in [-0.39, 0.29) is 35.2 Å². The molecule has 0 aliphatic heterocycles. The Morgan fingerprint density at radius 3 is 1.08 bits per heavy atom. The first kappa shape index (κ1) is 23.4. The second-order valence-electron chi connectivity index (χ2n) is 9.21. The maximum atomic E-state index is 13.8. The van der Waals surface area contributed by atoms with Crippen molar-refractivity contribution in [2.24, 2.45) is 23.7 Å². The van der Waals surface area contributed by atoms with Gasteiger partial charge in [0.25, 0.3) is 0 Å². The van der Waals surface area contributed by atoms with Crippen molar-refractivity contribution in [2.75, 3.05) is 0 Å². The summed E-state index contributed by atoms with van der Waals surface area (Å²) in [5, 5.41) is 0. The van der Waals surface area contributed by atoms with Crippen LogP contribution >= 0.6 is 0 Å². The number of ketones is 2. The van der Waals surface area contributed by atoms with E-state index in [0.717, 1.165) is 11.1 Å². The fourth-order valence-corrected chi connectivity index (χ4v) is 5.15. The van der Waals surface area contributed by atoms with Gasteiger partial charge >= 0.3 is 0 Å². The second-order valence-corrected chi connectivity index (χ2v) is 9.21. The third-order valence-corrected chi connectivity index (χ3v) is 7.00. The quantitative estimate of drug-likeness (QED) is 0.249. The Bertz CT molecular complexity index is 1240. The average molecular weight is 469 g/mol. The second kappa shape index (κ2) is 11.0. The summed E-state index contributed by atoms with van der Waals surface area (Å²) in [4.78, 5) is 27.6. The fraction of sp³-hybridized carbons (Fsp3) is 0.118. The van der Waals surface area contributed by atoms with E-state index in [1.54, 1.807) is 0 Å². The summed E-state index contributed by atoms with van der Waals surface area (Å²) in [6.07, 6.45) is 8.22. The molecule has 0 atom stereocenters. The Hall–Kier alpha value is -4.30. The van der Waals surface area contributed by atoms with Gasteiger partial charge in [-0.15, -0.1) is 0 Å². The van der Waals surface area contributed by atoms with Crippen LogP contribution in [0.25, 0.3) is 12.2 Å². The standard InChI is InChI=1S/C34H28O2/c35-33(27-17-9-3-10-18-27)31-29(23-21-25-13-5-1-6-14-25)32(34(36)28-19-11-4-12-20-28)30(31)24-22-26-15-7-2-8-16-26/h1-24,29-32H. The zero-order valence-corrected chi connectivity index (χ0v) is 20.0. The molecule has 1 aliphatic rings. The Labute approximate surface area is 212 Å². The number of rotatable bonds is 8. The molecule has 5 rings (SSSR count). The number of Topliss-reactive ketones (excluding diaryl/α,β-unsaturated/α-hetero) is 2. The van der Waals surface area contributed by atoms with Gasteiger partial charge in [-0.2, -0.15) is 0 Å². The molecule has 0 heterocycles. The monoisotopic (exact) mass is 468 g/mol. The number of carbonyl (C=O) groups is 2. The molecule has 0 spiro atoms. The van der Waals surface area contributed by atoms with E-state index in [1.807, 2.05) is 133 Å². The van der Waals surface area contributed by atoms with Crippen LogP contribution in [0, 0.1) is 23.7 Å². The Balaban J connectivity index is 1.55. The Morgan fingerprint density at radius 1 is 0.444 bits per heavy atom. The van der Waals surface area contributed by atoms with Crippen LogP contribution in [-0.4, -0.2) is 11.6 Å². The molecule has 0 saturated heterocycles. The molecule has 0 radical (unpaired) electrons. The molecule has 2 heteroatoms. The summed E-state index contributed by atoms with van der Waals surface area (Å²) in [6, 6.07) is 38.9. The van der Waals surface area contributed by atoms with Gasteiger partial charge in [0.15, 0.2) is 11.6 Å². The van der Waals surface area contributed by atoms with E-state index >= 15 is 0 Å². The average Bonchev–Trinajstić information content (AvgIpc) is 2.94. The van der Waals surface area contributed by atoms with Crippen LogP contribution in [0.2, 0.25) is 0 Å². The molecule has 4 aromatic carbocycles. The van der Waals surface area contributed by atoms with Gasteiger partial charge in [0.1, 0.15) is 0 Å². The largest absolute Gasteiger partial charge is 0.294 e. The summed E-state index contributed by atoms with van der Waals surface area (Å²) in [6.45, 7) is 0. The van der Waals surface area contributed by atoms with Crippen LogP contribution in [0.1, 0.15) is 31.8 Å². The lowest BCUT2D eigenvalue weighted by atomic mass is 9.52. The van der Waals surface area contributed by atoms with E-state index in [0.29, 0.717) is 11.1 Å². The summed E-state index contributed by atoms with van der Waals surface area (Å²) in [5.41, 5.74) is 3.48. The number of allylic oxidation sites excluding steroid dienone is 2. The summed E-state index contributed by atoms with van der Waals surface area (Å²) in [5.74, 6) is -0.863. The Morgan fingerprint density at radius 2 is 0.750 bits per heavy atom. The third kappa shape index (κ3) is 5.04. The highest BCUT2D eigenvalue weighted by Gasteiger charge is 2.54. The molecule has 0 N–H and O–H groups in total. The van der Waals surface area contributed by atoms with Gasteiger partial charge in [0.2, 0.25) is 0 Å². The molecule has 2 nitrogen and oxygen atoms in total. The summed E-state index contributed by atoms with van der Waals surface area (Å²) >= 11 is 0. The van der Waals surface area contributed by atoms with Crippen LogP contribution in [0.15, 0.2) is 133 Å². The lowest BCUT2D eigenvalue weighted by Gasteiger charge is -2.48. The topological polar surface area (TPSA) is 34.1 Å². The third-order valence-electron chi connectivity index (χ3n) is 7.00. The highest BCUT2D eigenvalue weighted by Crippen LogP contribution is 2.51. The zero-order chi connectivity index (χ0) is 24.7. The van der Waals surface area contributed by atoms with Crippen LogP contribution in [0.4, 0.5) is 0 Å². The first-order valence-corrected chi connectivity index (χ1v) is 12.4. The van der Waals surface area contributed by atoms with Crippen molar-refractivity contribution < 1.29 is 9.59 Å². The molecule has 36 heavy (non-hydrogen) atoms. The smallest absolute Gasteiger partial charge is 0.167 e. The lowest BCUT2D eigenvalue weighted by Crippen LogP contribution is -2.52. The van der Waals surface area contributed by atoms with Crippen molar-refractivity contribution in [2.45, 2.75) is 0 Å². The minimum Gasteiger partial charge on any atom is -0.294 e. The first-order valence-electron chi connectivity index (χ1n) is 12.4. The van der Waals surface area contributed by atoms with Gasteiger partial charge in [-0.05, 0) is 23.0 Å². The zero-order valence-electron chi connectivity index (χ0n) is 20.0. The first-order chi connectivity index (χ1) is 17.7. The Kier molecular flexibility index (Phi) is 7.14. The molecular weight excluding hydrogens is 440 g/mol. The van der Waals surface area contributed by atoms with Crippen LogP contribution in [0.5, 0.6) is 0 Å². The van der Waals surface area contributed by atoms with Gasteiger partial charge in [-0.1, -0.05) is 146 Å². The molecule has 0 amide bonds. The molecular formula is C34H28O2. The summed E-state index contributed by atoms with van der Waals surface area (Å²) in [7, 11) is 0. The number of carbonyl (C=O) groups excluding carboxylic acids is 2. The minimum atomic E-state index is -0.315. The maximum Gasteiger partial charge on any atom is 0.167 e. The molecule has 0 aromatic heterocycles. The van der Waals surface area contributed by atoms with E-state index < -0.39 is 0 Å². The predicted molar refractivity (Wildman–Crippen MR) is 146 cm³/mol. The van der Waals surface area contributed by atoms with Crippen LogP contribution in [0.3, 0.4) is 0 Å². The van der Waals surface area contributed by atoms with Gasteiger partial charge in [0.05, 0.1) is 0 Å². The van der Waals surface area contributed by atoms with Gasteiger partial charge in [-0.25, -0.2) is 0 Å². The SMILES string of the molecule is O=C(c1ccccc1)C1C(C=Cc2ccccc2)C(C(=O)c2ccccc2)C1C=Cc1ccccc1. The molecule has 1 fully saturated rings. The highest BCUT2D eigenvalue weighted by atomic mass is 16.1. The van der Waals surface area contributed by atoms with Crippen molar-refractivity contribution in [1.82, 2.24) is 0 Å². The fourth-order valence-electron chi connectivity index (χ4n) is 5.15. The lowest BCUT2D eigenvalue weighted by molar-refractivity contribution is 0.0335. The highest BCUT2D eigenvalue weighted by molar-refractivity contribution is 6.04. The normalized spacial score (nSPS) is 21.3. The maximum absolute atomic E-state index is 13.8. The van der Waals surface area contributed by atoms with Crippen LogP contribution in [-0.2, 0) is 0 Å². The van der Waals surface area contributed by atoms with Gasteiger partial charge < -0.3 is 0 Å². The molecule has 176 valence electrons. The van der Waals surface area contributed by atoms with Crippen LogP contribution < -0.4 is 0 Å². The number of hydrogen-bond donors (Lipinski definition) is 0. The number of benzene rings is 4. The molecule has 0 unspecified atom stereocenters. The van der Waals surface area contributed by atoms with E-state index in [4.69, 9.17) is 0 Å². The van der Waals surface area contributed by atoms with Crippen molar-refractivity contribution >= 4 is 23.7 Å². The van der Waals surface area contributed by atoms with E-state index in [2.05, 4.69) is 12.2 Å². The van der Waals surface area contributed by atoms with Gasteiger partial charge in [-0.3, -0.25) is 9.59 Å². The van der Waals surface area contributed by atoms with E-state index in [1.165, 1.54) is 0 Å².